The largest absolute Gasteiger partial charge is 0.337 e. The highest BCUT2D eigenvalue weighted by molar-refractivity contribution is 7.94. The van der Waals surface area contributed by atoms with Gasteiger partial charge in [0, 0.05) is 0 Å². The van der Waals surface area contributed by atoms with Crippen molar-refractivity contribution in [3.05, 3.63) is 27.9 Å². The van der Waals surface area contributed by atoms with Gasteiger partial charge < -0.3 is 5.32 Å². The van der Waals surface area contributed by atoms with Crippen LogP contribution in [0.1, 0.15) is 13.8 Å². The lowest BCUT2D eigenvalue weighted by molar-refractivity contribution is 0.590. The first-order valence-electron chi connectivity index (χ1n) is 5.59. The highest BCUT2D eigenvalue weighted by Crippen LogP contribution is 2.34. The van der Waals surface area contributed by atoms with Crippen LogP contribution in [0.2, 0.25) is 10.3 Å². The summed E-state index contributed by atoms with van der Waals surface area (Å²) in [5.41, 5.74) is 0.431. The lowest BCUT2D eigenvalue weighted by Gasteiger charge is -2.10. The highest BCUT2D eigenvalue weighted by atomic mass is 35.5. The molecule has 2 rings (SSSR count). The molecule has 0 aliphatic carbocycles. The average molecular weight is 352 g/mol. The van der Waals surface area contributed by atoms with E-state index in [-0.39, 0.29) is 20.3 Å². The van der Waals surface area contributed by atoms with E-state index in [2.05, 4.69) is 15.3 Å². The van der Waals surface area contributed by atoms with Crippen molar-refractivity contribution in [3.8, 4) is 0 Å². The number of thiophene rings is 1. The van der Waals surface area contributed by atoms with Gasteiger partial charge in [-0.1, -0.05) is 11.6 Å². The molecule has 0 saturated carbocycles. The molecule has 0 unspecified atom stereocenters. The second-order valence-corrected chi connectivity index (χ2v) is 8.54. The van der Waals surface area contributed by atoms with Crippen LogP contribution in [0, 0.1) is 0 Å². The Morgan fingerprint density at radius 3 is 2.70 bits per heavy atom. The predicted octanol–water partition coefficient (Wildman–Crippen LogP) is 3.77. The zero-order chi connectivity index (χ0) is 14.9. The van der Waals surface area contributed by atoms with Crippen LogP contribution < -0.4 is 5.32 Å². The van der Waals surface area contributed by atoms with E-state index in [1.54, 1.807) is 25.3 Å². The second kappa shape index (κ2) is 5.85. The van der Waals surface area contributed by atoms with Gasteiger partial charge in [0.05, 0.1) is 17.1 Å². The lowest BCUT2D eigenvalue weighted by atomic mass is 10.5. The Morgan fingerprint density at radius 1 is 1.35 bits per heavy atom. The molecule has 0 aliphatic rings. The fourth-order valence-corrected chi connectivity index (χ4v) is 4.36. The van der Waals surface area contributed by atoms with Gasteiger partial charge in [-0.15, -0.1) is 11.3 Å². The van der Waals surface area contributed by atoms with Crippen molar-refractivity contribution in [2.24, 2.45) is 0 Å². The van der Waals surface area contributed by atoms with Gasteiger partial charge >= 0.3 is 0 Å². The summed E-state index contributed by atoms with van der Waals surface area (Å²) in [6.07, 6.45) is 1.35. The Hall–Kier alpha value is -0.890. The van der Waals surface area contributed by atoms with Gasteiger partial charge in [0.2, 0.25) is 5.28 Å². The van der Waals surface area contributed by atoms with Gasteiger partial charge in [0.1, 0.15) is 9.23 Å². The van der Waals surface area contributed by atoms with Gasteiger partial charge in [0.25, 0.3) is 0 Å². The smallest absolute Gasteiger partial charge is 0.224 e. The summed E-state index contributed by atoms with van der Waals surface area (Å²) in [5, 5.41) is 4.35. The van der Waals surface area contributed by atoms with Crippen LogP contribution in [0.15, 0.2) is 21.9 Å². The molecule has 2 aromatic heterocycles. The molecular formula is C11H11Cl2N3O2S2. The van der Waals surface area contributed by atoms with Crippen molar-refractivity contribution >= 4 is 55.9 Å². The average Bonchev–Trinajstić information content (AvgIpc) is 2.82. The minimum Gasteiger partial charge on any atom is -0.337 e. The summed E-state index contributed by atoms with van der Waals surface area (Å²) in [5.74, 6) is 0.269. The number of hydrogen-bond acceptors (Lipinski definition) is 6. The number of sulfone groups is 1. The SMILES string of the molecule is CC(C)S(=O)(=O)c1sccc1Nc1nc(Cl)ncc1Cl. The van der Waals surface area contributed by atoms with Crippen molar-refractivity contribution in [1.29, 1.82) is 0 Å². The number of rotatable bonds is 4. The van der Waals surface area contributed by atoms with E-state index in [1.165, 1.54) is 6.20 Å². The maximum Gasteiger partial charge on any atom is 0.224 e. The van der Waals surface area contributed by atoms with E-state index < -0.39 is 15.1 Å². The molecule has 0 aliphatic heterocycles. The van der Waals surface area contributed by atoms with Crippen LogP contribution in [-0.2, 0) is 9.84 Å². The van der Waals surface area contributed by atoms with E-state index in [0.717, 1.165) is 11.3 Å². The van der Waals surface area contributed by atoms with Crippen LogP contribution in [-0.4, -0.2) is 23.6 Å². The molecular weight excluding hydrogens is 341 g/mol. The summed E-state index contributed by atoms with van der Waals surface area (Å²) in [6.45, 7) is 3.26. The molecule has 0 atom stereocenters. The van der Waals surface area contributed by atoms with E-state index in [9.17, 15) is 8.42 Å². The van der Waals surface area contributed by atoms with Crippen LogP contribution in [0.25, 0.3) is 0 Å². The lowest BCUT2D eigenvalue weighted by Crippen LogP contribution is -2.14. The molecule has 0 bridgehead atoms. The number of hydrogen-bond donors (Lipinski definition) is 1. The summed E-state index contributed by atoms with van der Waals surface area (Å²) >= 11 is 12.8. The summed E-state index contributed by atoms with van der Waals surface area (Å²) in [4.78, 5) is 7.67. The molecule has 0 fully saturated rings. The third kappa shape index (κ3) is 3.06. The number of anilines is 2. The molecule has 108 valence electrons. The van der Waals surface area contributed by atoms with E-state index >= 15 is 0 Å². The standard InChI is InChI=1S/C11H11Cl2N3O2S2/c1-6(2)20(17,18)10-8(3-4-19-10)15-9-7(12)5-14-11(13)16-9/h3-6H,1-2H3,(H,14,15,16). The van der Waals surface area contributed by atoms with E-state index in [1.807, 2.05) is 0 Å². The topological polar surface area (TPSA) is 72.0 Å². The number of halogens is 2. The maximum absolute atomic E-state index is 12.2. The number of nitrogens with one attached hydrogen (secondary N) is 1. The minimum atomic E-state index is -3.37. The van der Waals surface area contributed by atoms with E-state index in [0.29, 0.717) is 5.69 Å². The summed E-state index contributed by atoms with van der Waals surface area (Å²) in [7, 11) is -3.37. The first-order valence-corrected chi connectivity index (χ1v) is 8.77. The third-order valence-electron chi connectivity index (χ3n) is 2.48. The van der Waals surface area contributed by atoms with Crippen molar-refractivity contribution in [3.63, 3.8) is 0 Å². The molecule has 9 heteroatoms. The fourth-order valence-electron chi connectivity index (χ4n) is 1.38. The number of aromatic nitrogens is 2. The number of nitrogens with zero attached hydrogens (tertiary/aromatic N) is 2. The Morgan fingerprint density at radius 2 is 2.05 bits per heavy atom. The van der Waals surface area contributed by atoms with Crippen LogP contribution in [0.5, 0.6) is 0 Å². The Kier molecular flexibility index (Phi) is 4.53. The Labute approximate surface area is 130 Å². The van der Waals surface area contributed by atoms with E-state index in [4.69, 9.17) is 23.2 Å². The molecule has 5 nitrogen and oxygen atoms in total. The third-order valence-corrected chi connectivity index (χ3v) is 6.60. The van der Waals surface area contributed by atoms with Crippen LogP contribution in [0.4, 0.5) is 11.5 Å². The van der Waals surface area contributed by atoms with Gasteiger partial charge in [-0.3, -0.25) is 0 Å². The quantitative estimate of drug-likeness (QED) is 0.848. The molecule has 0 aromatic carbocycles. The van der Waals surface area contributed by atoms with Crippen LogP contribution >= 0.6 is 34.5 Å². The predicted molar refractivity (Wildman–Crippen MR) is 82.0 cm³/mol. The van der Waals surface area contributed by atoms with Crippen molar-refractivity contribution in [2.45, 2.75) is 23.3 Å². The first-order chi connectivity index (χ1) is 9.32. The summed E-state index contributed by atoms with van der Waals surface area (Å²) < 4.78 is 24.7. The molecule has 2 heterocycles. The fraction of sp³-hybridized carbons (Fsp3) is 0.273. The molecule has 0 radical (unpaired) electrons. The van der Waals surface area contributed by atoms with Crippen molar-refractivity contribution in [1.82, 2.24) is 9.97 Å². The zero-order valence-electron chi connectivity index (χ0n) is 10.6. The van der Waals surface area contributed by atoms with Gasteiger partial charge in [-0.25, -0.2) is 13.4 Å². The zero-order valence-corrected chi connectivity index (χ0v) is 13.7. The first kappa shape index (κ1) is 15.5. The van der Waals surface area contributed by atoms with Crippen LogP contribution in [0.3, 0.4) is 0 Å². The Bertz CT molecular complexity index is 729. The summed E-state index contributed by atoms with van der Waals surface area (Å²) in [6, 6.07) is 1.66. The maximum atomic E-state index is 12.2. The molecule has 0 spiro atoms. The Balaban J connectivity index is 2.42. The molecule has 0 amide bonds. The van der Waals surface area contributed by atoms with Gasteiger partial charge in [-0.05, 0) is 36.9 Å². The van der Waals surface area contributed by atoms with Gasteiger partial charge in [-0.2, -0.15) is 4.98 Å². The highest BCUT2D eigenvalue weighted by Gasteiger charge is 2.24. The normalized spacial score (nSPS) is 11.8. The molecule has 20 heavy (non-hydrogen) atoms. The molecule has 1 N–H and O–H groups in total. The van der Waals surface area contributed by atoms with Gasteiger partial charge in [0.15, 0.2) is 15.7 Å². The minimum absolute atomic E-state index is 0.0281. The van der Waals surface area contributed by atoms with Crippen molar-refractivity contribution < 1.29 is 8.42 Å². The monoisotopic (exact) mass is 351 g/mol. The second-order valence-electron chi connectivity index (χ2n) is 4.18. The molecule has 0 saturated heterocycles. The van der Waals surface area contributed by atoms with Crippen molar-refractivity contribution in [2.75, 3.05) is 5.32 Å². The molecule has 2 aromatic rings.